The number of rotatable bonds is 7. The molecule has 3 aromatic heterocycles. The van der Waals surface area contributed by atoms with Crippen LogP contribution < -0.4 is 16.4 Å². The van der Waals surface area contributed by atoms with Crippen molar-refractivity contribution in [3.8, 4) is 34.2 Å². The molecule has 2 amide bonds. The molecular formula is C36H34ClF4N7O2. The smallest absolute Gasteiger partial charge is 0.383 e. The van der Waals surface area contributed by atoms with Crippen LogP contribution in [0, 0.1) is 18.8 Å². The molecule has 1 saturated carbocycles. The van der Waals surface area contributed by atoms with Crippen LogP contribution in [0.3, 0.4) is 0 Å². The molecule has 2 aliphatic rings. The van der Waals surface area contributed by atoms with E-state index in [1.165, 1.54) is 18.7 Å². The highest BCUT2D eigenvalue weighted by atomic mass is 35.5. The van der Waals surface area contributed by atoms with E-state index in [2.05, 4.69) is 43.9 Å². The normalized spacial score (nSPS) is 15.7. The molecule has 4 N–H and O–H groups in total. The predicted octanol–water partition coefficient (Wildman–Crippen LogP) is 6.93. The van der Waals surface area contributed by atoms with Crippen molar-refractivity contribution in [1.29, 1.82) is 0 Å². The summed E-state index contributed by atoms with van der Waals surface area (Å²) in [4.78, 5) is 35.9. The van der Waals surface area contributed by atoms with Crippen LogP contribution in [0.5, 0.6) is 0 Å². The summed E-state index contributed by atoms with van der Waals surface area (Å²) < 4.78 is 56.0. The third kappa shape index (κ3) is 6.65. The van der Waals surface area contributed by atoms with Crippen molar-refractivity contribution < 1.29 is 27.2 Å². The molecule has 2 fully saturated rings. The summed E-state index contributed by atoms with van der Waals surface area (Å²) in [7, 11) is 1.84. The number of carbonyl (C=O) groups is 2. The number of carbonyl (C=O) groups excluding carboxylic acids is 2. The fraction of sp³-hybridized carbons (Fsp3) is 0.333. The molecule has 1 aliphatic carbocycles. The molecule has 0 unspecified atom stereocenters. The number of aromatic nitrogens is 3. The number of piperidine rings is 1. The molecule has 4 aromatic rings. The molecule has 260 valence electrons. The number of aryl methyl sites for hydroxylation is 2. The maximum absolute atomic E-state index is 13.6. The predicted molar refractivity (Wildman–Crippen MR) is 185 cm³/mol. The summed E-state index contributed by atoms with van der Waals surface area (Å²) in [5.74, 6) is 3.58. The van der Waals surface area contributed by atoms with Crippen molar-refractivity contribution in [2.75, 3.05) is 30.7 Å². The van der Waals surface area contributed by atoms with Crippen molar-refractivity contribution in [2.45, 2.75) is 50.7 Å². The number of benzene rings is 1. The topological polar surface area (TPSA) is 118 Å². The number of likely N-dealkylation sites (tertiary alicyclic amines) is 1. The quantitative estimate of drug-likeness (QED) is 0.109. The van der Waals surface area contributed by atoms with E-state index in [4.69, 9.17) is 17.3 Å². The SMILES string of the molecule is C=C(F)C(=O)Nc1ccc(-c2c(-c3cnc(C(=O)NC4(C(F)(F)F)CC4)c(Cl)c3)c3c(N)ncc(C#CCN4CCCCC4)c3n2C)c(C)c1. The van der Waals surface area contributed by atoms with Crippen LogP contribution in [0.15, 0.2) is 49.1 Å². The van der Waals surface area contributed by atoms with Gasteiger partial charge in [-0.1, -0.05) is 42.5 Å². The van der Waals surface area contributed by atoms with E-state index < -0.39 is 29.4 Å². The molecule has 0 spiro atoms. The first kappa shape index (κ1) is 34.9. The Morgan fingerprint density at radius 1 is 1.12 bits per heavy atom. The molecule has 0 radical (unpaired) electrons. The second kappa shape index (κ2) is 13.4. The van der Waals surface area contributed by atoms with Gasteiger partial charge >= 0.3 is 6.18 Å². The lowest BCUT2D eigenvalue weighted by Gasteiger charge is -2.23. The van der Waals surface area contributed by atoms with Gasteiger partial charge in [-0.2, -0.15) is 13.2 Å². The van der Waals surface area contributed by atoms with Crippen LogP contribution in [-0.2, 0) is 11.8 Å². The highest BCUT2D eigenvalue weighted by molar-refractivity contribution is 6.34. The third-order valence-electron chi connectivity index (χ3n) is 9.19. The summed E-state index contributed by atoms with van der Waals surface area (Å²) in [6.07, 6.45) is 1.37. The lowest BCUT2D eigenvalue weighted by Crippen LogP contribution is -2.48. The van der Waals surface area contributed by atoms with Crippen LogP contribution in [0.1, 0.15) is 53.7 Å². The molecule has 1 saturated heterocycles. The average Bonchev–Trinajstić information content (AvgIpc) is 3.79. The zero-order chi connectivity index (χ0) is 36.0. The Balaban J connectivity index is 1.49. The number of halogens is 5. The number of nitrogens with two attached hydrogens (primary N) is 1. The van der Waals surface area contributed by atoms with Crippen molar-refractivity contribution in [2.24, 2.45) is 7.05 Å². The maximum atomic E-state index is 13.6. The van der Waals surface area contributed by atoms with Crippen LogP contribution in [-0.4, -0.2) is 62.6 Å². The molecular weight excluding hydrogens is 674 g/mol. The number of hydrogen-bond donors (Lipinski definition) is 3. The summed E-state index contributed by atoms with van der Waals surface area (Å²) in [5.41, 5.74) is 8.51. The number of nitrogen functional groups attached to an aromatic ring is 1. The molecule has 1 aromatic carbocycles. The molecule has 1 aliphatic heterocycles. The zero-order valence-electron chi connectivity index (χ0n) is 27.4. The Bertz CT molecular complexity index is 2110. The van der Waals surface area contributed by atoms with E-state index in [-0.39, 0.29) is 29.4 Å². The third-order valence-corrected chi connectivity index (χ3v) is 9.48. The Labute approximate surface area is 290 Å². The second-order valence-electron chi connectivity index (χ2n) is 12.7. The Morgan fingerprint density at radius 2 is 1.84 bits per heavy atom. The van der Waals surface area contributed by atoms with Gasteiger partial charge in [-0.3, -0.25) is 14.5 Å². The van der Waals surface area contributed by atoms with Crippen LogP contribution in [0.2, 0.25) is 5.02 Å². The first-order chi connectivity index (χ1) is 23.7. The van der Waals surface area contributed by atoms with E-state index in [0.717, 1.165) is 25.9 Å². The summed E-state index contributed by atoms with van der Waals surface area (Å²) >= 11 is 6.57. The number of fused-ring (bicyclic) bond motifs is 1. The van der Waals surface area contributed by atoms with Crippen LogP contribution in [0.4, 0.5) is 29.1 Å². The van der Waals surface area contributed by atoms with E-state index in [1.807, 2.05) is 18.5 Å². The summed E-state index contributed by atoms with van der Waals surface area (Å²) in [5, 5.41) is 4.90. The number of nitrogens with zero attached hydrogens (tertiary/aromatic N) is 4. The minimum Gasteiger partial charge on any atom is -0.383 e. The maximum Gasteiger partial charge on any atom is 0.411 e. The fourth-order valence-corrected chi connectivity index (χ4v) is 6.64. The lowest BCUT2D eigenvalue weighted by atomic mass is 9.96. The Morgan fingerprint density at radius 3 is 2.46 bits per heavy atom. The van der Waals surface area contributed by atoms with E-state index in [1.54, 1.807) is 24.4 Å². The Kier molecular flexibility index (Phi) is 9.37. The molecule has 0 bridgehead atoms. The van der Waals surface area contributed by atoms with Gasteiger partial charge in [0, 0.05) is 41.8 Å². The van der Waals surface area contributed by atoms with E-state index in [0.29, 0.717) is 56.6 Å². The van der Waals surface area contributed by atoms with E-state index >= 15 is 0 Å². The molecule has 6 rings (SSSR count). The zero-order valence-corrected chi connectivity index (χ0v) is 28.2. The van der Waals surface area contributed by atoms with Crippen LogP contribution >= 0.6 is 11.6 Å². The second-order valence-corrected chi connectivity index (χ2v) is 13.1. The first-order valence-corrected chi connectivity index (χ1v) is 16.4. The minimum atomic E-state index is -4.61. The number of nitrogens with one attached hydrogen (secondary N) is 2. The summed E-state index contributed by atoms with van der Waals surface area (Å²) in [6.45, 7) is 7.40. The largest absolute Gasteiger partial charge is 0.411 e. The van der Waals surface area contributed by atoms with Gasteiger partial charge in [0.2, 0.25) is 0 Å². The molecule has 9 nitrogen and oxygen atoms in total. The number of hydrogen-bond acceptors (Lipinski definition) is 6. The molecule has 4 heterocycles. The van der Waals surface area contributed by atoms with Crippen molar-refractivity contribution in [3.63, 3.8) is 0 Å². The highest BCUT2D eigenvalue weighted by Gasteiger charge is 2.64. The standard InChI is InChI=1S/C36H34ClF4N7O2/c1-20-16-24(45-33(49)21(2)38)9-10-25(20)31-27(23-17-26(37)29(43-19-23)34(50)46-35(11-12-35)36(39,40)41)28-30(47(31)3)22(18-44-32(28)42)8-7-15-48-13-5-4-6-14-48/h9-10,16-19H,2,4-6,11-15H2,1,3H3,(H2,42,44)(H,45,49)(H,46,50). The molecule has 50 heavy (non-hydrogen) atoms. The summed E-state index contributed by atoms with van der Waals surface area (Å²) in [6, 6.07) is 6.49. The van der Waals surface area contributed by atoms with Gasteiger partial charge in [-0.25, -0.2) is 14.4 Å². The number of anilines is 2. The Hall–Kier alpha value is -4.93. The molecule has 14 heteroatoms. The van der Waals surface area contributed by atoms with Gasteiger partial charge in [0.1, 0.15) is 17.1 Å². The first-order valence-electron chi connectivity index (χ1n) is 16.0. The highest BCUT2D eigenvalue weighted by Crippen LogP contribution is 2.49. The molecule has 0 atom stereocenters. The van der Waals surface area contributed by atoms with E-state index in [9.17, 15) is 27.2 Å². The number of amides is 2. The average molecular weight is 708 g/mol. The van der Waals surface area contributed by atoms with Crippen LogP contribution in [0.25, 0.3) is 33.3 Å². The van der Waals surface area contributed by atoms with Gasteiger partial charge in [-0.15, -0.1) is 0 Å². The van der Waals surface area contributed by atoms with Gasteiger partial charge < -0.3 is 20.9 Å². The monoisotopic (exact) mass is 707 g/mol. The minimum absolute atomic E-state index is 0.161. The fourth-order valence-electron chi connectivity index (χ4n) is 6.39. The van der Waals surface area contributed by atoms with Crippen molar-refractivity contribution in [1.82, 2.24) is 24.8 Å². The van der Waals surface area contributed by atoms with Gasteiger partial charge in [0.05, 0.1) is 33.7 Å². The van der Waals surface area contributed by atoms with Gasteiger partial charge in [0.15, 0.2) is 5.83 Å². The van der Waals surface area contributed by atoms with Crippen molar-refractivity contribution >= 4 is 45.8 Å². The van der Waals surface area contributed by atoms with Gasteiger partial charge in [-0.05, 0) is 69.5 Å². The van der Waals surface area contributed by atoms with Gasteiger partial charge in [0.25, 0.3) is 11.8 Å². The van der Waals surface area contributed by atoms with Crippen molar-refractivity contribution in [3.05, 3.63) is 70.9 Å². The number of pyridine rings is 2. The lowest BCUT2D eigenvalue weighted by molar-refractivity contribution is -0.163. The number of alkyl halides is 3.